The molecule has 13 rings (SSSR count). The third kappa shape index (κ3) is 8.94. The van der Waals surface area contributed by atoms with Crippen LogP contribution in [0.2, 0.25) is 0 Å². The van der Waals surface area contributed by atoms with E-state index in [9.17, 15) is 0 Å². The first-order chi connectivity index (χ1) is 38.1. The van der Waals surface area contributed by atoms with E-state index in [2.05, 4.69) is 309 Å². The SMILES string of the molecule is CC(C)(C)c1cc2ccc3c4cc(c5ccc(c1)c2c35)N(c1cc(-c2ccccc2)ccc1C(C)(C)C)c1cc(-c2ccccc2)ccc1Cc1ccc(-c2ccccc2)cc1N4c1cc(-c2ccccc2)ccc1C(C)(C)C. The lowest BCUT2D eigenvalue weighted by atomic mass is 9.81. The monoisotopic (exact) mass is 1020 g/mol. The summed E-state index contributed by atoms with van der Waals surface area (Å²) in [5, 5.41) is 7.52. The van der Waals surface area contributed by atoms with Crippen LogP contribution in [-0.2, 0) is 22.7 Å². The second-order valence-corrected chi connectivity index (χ2v) is 25.0. The van der Waals surface area contributed by atoms with Crippen molar-refractivity contribution in [2.75, 3.05) is 9.80 Å². The van der Waals surface area contributed by atoms with Gasteiger partial charge >= 0.3 is 0 Å². The summed E-state index contributed by atoms with van der Waals surface area (Å²) in [6.07, 6.45) is 0.685. The van der Waals surface area contributed by atoms with Gasteiger partial charge in [-0.1, -0.05) is 269 Å². The largest absolute Gasteiger partial charge is 0.309 e. The molecule has 386 valence electrons. The van der Waals surface area contributed by atoms with Crippen LogP contribution in [0, 0.1) is 0 Å². The first-order valence-electron chi connectivity index (χ1n) is 28.2. The van der Waals surface area contributed by atoms with Gasteiger partial charge in [-0.25, -0.2) is 0 Å². The average molecular weight is 1020 g/mol. The highest BCUT2D eigenvalue weighted by molar-refractivity contribution is 6.29. The third-order valence-electron chi connectivity index (χ3n) is 16.6. The Morgan fingerprint density at radius 2 is 0.608 bits per heavy atom. The van der Waals surface area contributed by atoms with Crippen molar-refractivity contribution in [1.82, 2.24) is 0 Å². The lowest BCUT2D eigenvalue weighted by molar-refractivity contribution is 0.591. The van der Waals surface area contributed by atoms with Gasteiger partial charge in [0.2, 0.25) is 0 Å². The molecule has 12 aromatic rings. The summed E-state index contributed by atoms with van der Waals surface area (Å²) in [7, 11) is 0. The number of hydrogen-bond acceptors (Lipinski definition) is 2. The number of anilines is 6. The van der Waals surface area contributed by atoms with Crippen LogP contribution in [0.25, 0.3) is 76.8 Å². The van der Waals surface area contributed by atoms with Gasteiger partial charge in [-0.05, 0) is 135 Å². The first-order valence-corrected chi connectivity index (χ1v) is 28.2. The van der Waals surface area contributed by atoms with Crippen LogP contribution in [-0.4, -0.2) is 0 Å². The predicted octanol–water partition coefficient (Wildman–Crippen LogP) is 22.0. The molecule has 12 aromatic carbocycles. The zero-order valence-electron chi connectivity index (χ0n) is 47.1. The van der Waals surface area contributed by atoms with Gasteiger partial charge in [0.15, 0.2) is 0 Å². The molecule has 0 N–H and O–H groups in total. The van der Waals surface area contributed by atoms with E-state index >= 15 is 0 Å². The highest BCUT2D eigenvalue weighted by atomic mass is 15.2. The molecular weight excluding hydrogens is 953 g/mol. The molecule has 2 bridgehead atoms. The van der Waals surface area contributed by atoms with E-state index in [-0.39, 0.29) is 16.2 Å². The van der Waals surface area contributed by atoms with Gasteiger partial charge in [-0.3, -0.25) is 0 Å². The van der Waals surface area contributed by atoms with Gasteiger partial charge in [0.1, 0.15) is 0 Å². The minimum Gasteiger partial charge on any atom is -0.309 e. The lowest BCUT2D eigenvalue weighted by Gasteiger charge is -2.39. The van der Waals surface area contributed by atoms with Crippen LogP contribution in [0.1, 0.15) is 90.1 Å². The summed E-state index contributed by atoms with van der Waals surface area (Å²) in [5.41, 5.74) is 22.3. The van der Waals surface area contributed by atoms with Crippen LogP contribution >= 0.6 is 0 Å². The summed E-state index contributed by atoms with van der Waals surface area (Å²) >= 11 is 0. The average Bonchev–Trinajstić information content (AvgIpc) is 3.59. The molecule has 0 spiro atoms. The quantitative estimate of drug-likeness (QED) is 0.153. The van der Waals surface area contributed by atoms with Crippen molar-refractivity contribution in [2.24, 2.45) is 0 Å². The molecule has 0 unspecified atom stereocenters. The van der Waals surface area contributed by atoms with Gasteiger partial charge in [0.25, 0.3) is 0 Å². The molecule has 0 saturated carbocycles. The summed E-state index contributed by atoms with van der Waals surface area (Å²) in [4.78, 5) is 5.36. The summed E-state index contributed by atoms with van der Waals surface area (Å²) < 4.78 is 0. The van der Waals surface area contributed by atoms with Crippen molar-refractivity contribution >= 4 is 66.4 Å². The Labute approximate surface area is 467 Å². The van der Waals surface area contributed by atoms with Gasteiger partial charge in [-0.15, -0.1) is 0 Å². The zero-order chi connectivity index (χ0) is 54.4. The van der Waals surface area contributed by atoms with Crippen molar-refractivity contribution in [3.8, 4) is 44.5 Å². The molecule has 0 amide bonds. The van der Waals surface area contributed by atoms with E-state index in [0.29, 0.717) is 6.42 Å². The molecule has 0 atom stereocenters. The molecule has 1 aliphatic heterocycles. The van der Waals surface area contributed by atoms with Crippen LogP contribution in [0.15, 0.2) is 237 Å². The van der Waals surface area contributed by atoms with E-state index in [0.717, 1.165) is 11.4 Å². The van der Waals surface area contributed by atoms with Crippen LogP contribution in [0.5, 0.6) is 0 Å². The Kier molecular flexibility index (Phi) is 12.0. The first kappa shape index (κ1) is 49.8. The molecular formula is C77H68N2. The summed E-state index contributed by atoms with van der Waals surface area (Å²) in [5.74, 6) is 0. The molecule has 0 saturated heterocycles. The Morgan fingerprint density at radius 3 is 0.949 bits per heavy atom. The number of fused-ring (bicyclic) bond motifs is 6. The Hall–Kier alpha value is -8.72. The van der Waals surface area contributed by atoms with Crippen LogP contribution in [0.4, 0.5) is 34.1 Å². The molecule has 2 nitrogen and oxygen atoms in total. The Morgan fingerprint density at radius 1 is 0.266 bits per heavy atom. The number of benzene rings is 12. The minimum absolute atomic E-state index is 0.0357. The fourth-order valence-electron chi connectivity index (χ4n) is 12.5. The van der Waals surface area contributed by atoms with Crippen molar-refractivity contribution < 1.29 is 0 Å². The number of nitrogens with zero attached hydrogens (tertiary/aromatic N) is 2. The number of rotatable bonds is 6. The van der Waals surface area contributed by atoms with Gasteiger partial charge in [-0.2, -0.15) is 0 Å². The fourth-order valence-corrected chi connectivity index (χ4v) is 12.5. The molecule has 0 aliphatic carbocycles. The van der Waals surface area contributed by atoms with Crippen molar-refractivity contribution in [3.63, 3.8) is 0 Å². The molecule has 2 heteroatoms. The van der Waals surface area contributed by atoms with Crippen molar-refractivity contribution in [1.29, 1.82) is 0 Å². The van der Waals surface area contributed by atoms with E-state index in [1.807, 2.05) is 0 Å². The second kappa shape index (κ2) is 19.0. The normalized spacial score (nSPS) is 13.0. The number of hydrogen-bond donors (Lipinski definition) is 0. The van der Waals surface area contributed by atoms with Crippen LogP contribution in [0.3, 0.4) is 0 Å². The maximum atomic E-state index is 2.68. The molecule has 0 fully saturated rings. The molecule has 79 heavy (non-hydrogen) atoms. The van der Waals surface area contributed by atoms with Gasteiger partial charge < -0.3 is 9.80 Å². The summed E-state index contributed by atoms with van der Waals surface area (Å²) in [6, 6.07) is 89.8. The standard InChI is InChI=1S/C77H68N2/c1-75(2,3)62-43-60-34-38-63-69-49-70(64-39-35-61(44-62)73(60)74(63)64)79(72-48-57(53-28-20-13-21-29-53)37-41-66(72)77(7,8)9)68-46-55(51-24-16-11-17-25-51)31-33-59(68)42-58-32-30-54(50-22-14-10-15-23-50)45-67(58)78(69)71-47-56(52-26-18-12-19-27-52)36-40-65(71)76(4,5)6/h10-41,43-49H,42H2,1-9H3. The maximum Gasteiger partial charge on any atom is 0.0561 e. The van der Waals surface area contributed by atoms with E-state index in [4.69, 9.17) is 0 Å². The van der Waals surface area contributed by atoms with Gasteiger partial charge in [0, 0.05) is 22.6 Å². The lowest BCUT2D eigenvalue weighted by Crippen LogP contribution is -2.23. The van der Waals surface area contributed by atoms with Crippen molar-refractivity contribution in [2.45, 2.75) is 85.0 Å². The molecule has 1 aliphatic rings. The highest BCUT2D eigenvalue weighted by Gasteiger charge is 2.34. The van der Waals surface area contributed by atoms with E-state index in [1.54, 1.807) is 0 Å². The minimum atomic E-state index is -0.223. The summed E-state index contributed by atoms with van der Waals surface area (Å²) in [6.45, 7) is 21.2. The van der Waals surface area contributed by atoms with Gasteiger partial charge in [0.05, 0.1) is 34.1 Å². The zero-order valence-corrected chi connectivity index (χ0v) is 47.1. The molecule has 0 radical (unpaired) electrons. The Bertz CT molecular complexity index is 3980. The van der Waals surface area contributed by atoms with Crippen LogP contribution < -0.4 is 9.80 Å². The van der Waals surface area contributed by atoms with E-state index < -0.39 is 0 Å². The second-order valence-electron chi connectivity index (χ2n) is 25.0. The van der Waals surface area contributed by atoms with E-state index in [1.165, 1.54) is 127 Å². The van der Waals surface area contributed by atoms with Crippen molar-refractivity contribution in [3.05, 3.63) is 264 Å². The highest BCUT2D eigenvalue weighted by Crippen LogP contribution is 2.56. The molecule has 0 aromatic heterocycles. The predicted molar refractivity (Wildman–Crippen MR) is 340 cm³/mol. The fraction of sp³-hybridized carbons (Fsp3) is 0.169. The maximum absolute atomic E-state index is 2.68. The molecule has 1 heterocycles. The topological polar surface area (TPSA) is 6.48 Å². The smallest absolute Gasteiger partial charge is 0.0561 e. The third-order valence-corrected chi connectivity index (χ3v) is 16.6. The Balaban J connectivity index is 1.25.